The Hall–Kier alpha value is -2.34. The highest BCUT2D eigenvalue weighted by Crippen LogP contribution is 2.14. The molecule has 0 aliphatic rings. The standard InChI is InChI=1S/C14H13NO4S/c1-9(13(17)15-11-6-7-20-8-11)19-14(18)10-2-4-12(16)5-3-10/h2-9,16H,1H3,(H,15,17). The second kappa shape index (κ2) is 6.21. The van der Waals surface area contributed by atoms with E-state index in [9.17, 15) is 9.59 Å². The summed E-state index contributed by atoms with van der Waals surface area (Å²) in [6.07, 6.45) is -0.906. The summed E-state index contributed by atoms with van der Waals surface area (Å²) in [6.45, 7) is 1.50. The van der Waals surface area contributed by atoms with E-state index in [1.165, 1.54) is 42.5 Å². The van der Waals surface area contributed by atoms with Crippen LogP contribution in [0.1, 0.15) is 17.3 Å². The smallest absolute Gasteiger partial charge is 0.338 e. The Kier molecular flexibility index (Phi) is 4.37. The van der Waals surface area contributed by atoms with Crippen molar-refractivity contribution in [2.24, 2.45) is 0 Å². The van der Waals surface area contributed by atoms with Crippen molar-refractivity contribution in [3.63, 3.8) is 0 Å². The molecule has 1 heterocycles. The van der Waals surface area contributed by atoms with Crippen LogP contribution in [0.4, 0.5) is 5.69 Å². The zero-order chi connectivity index (χ0) is 14.5. The number of aromatic hydroxyl groups is 1. The van der Waals surface area contributed by atoms with Crippen LogP contribution in [0.3, 0.4) is 0 Å². The molecule has 2 N–H and O–H groups in total. The van der Waals surface area contributed by atoms with Crippen LogP contribution < -0.4 is 5.32 Å². The summed E-state index contributed by atoms with van der Waals surface area (Å²) in [6, 6.07) is 7.39. The van der Waals surface area contributed by atoms with E-state index in [1.807, 2.05) is 5.38 Å². The third-order valence-electron chi connectivity index (χ3n) is 2.54. The van der Waals surface area contributed by atoms with E-state index in [4.69, 9.17) is 9.84 Å². The predicted molar refractivity (Wildman–Crippen MR) is 75.9 cm³/mol. The summed E-state index contributed by atoms with van der Waals surface area (Å²) in [4.78, 5) is 23.6. The van der Waals surface area contributed by atoms with Gasteiger partial charge in [0.25, 0.3) is 5.91 Å². The average Bonchev–Trinajstić information content (AvgIpc) is 2.92. The molecular formula is C14H13NO4S. The summed E-state index contributed by atoms with van der Waals surface area (Å²) in [7, 11) is 0. The van der Waals surface area contributed by atoms with Crippen molar-refractivity contribution in [3.8, 4) is 5.75 Å². The van der Waals surface area contributed by atoms with E-state index in [2.05, 4.69) is 5.32 Å². The van der Waals surface area contributed by atoms with Gasteiger partial charge in [-0.15, -0.1) is 0 Å². The van der Waals surface area contributed by atoms with Gasteiger partial charge in [0, 0.05) is 5.38 Å². The molecule has 0 saturated carbocycles. The lowest BCUT2D eigenvalue weighted by atomic mass is 10.2. The van der Waals surface area contributed by atoms with Crippen LogP contribution in [-0.2, 0) is 9.53 Å². The van der Waals surface area contributed by atoms with Gasteiger partial charge in [0.05, 0.1) is 11.3 Å². The third-order valence-corrected chi connectivity index (χ3v) is 3.23. The van der Waals surface area contributed by atoms with E-state index < -0.39 is 18.0 Å². The number of carbonyl (C=O) groups excluding carboxylic acids is 2. The lowest BCUT2D eigenvalue weighted by molar-refractivity contribution is -0.123. The second-order valence-electron chi connectivity index (χ2n) is 4.10. The van der Waals surface area contributed by atoms with Crippen LogP contribution in [0.5, 0.6) is 5.75 Å². The number of thiophene rings is 1. The molecule has 0 fully saturated rings. The maximum Gasteiger partial charge on any atom is 0.338 e. The van der Waals surface area contributed by atoms with Crippen molar-refractivity contribution in [1.29, 1.82) is 0 Å². The van der Waals surface area contributed by atoms with Gasteiger partial charge in [0.15, 0.2) is 6.10 Å². The molecule has 0 aliphatic heterocycles. The number of phenols is 1. The lowest BCUT2D eigenvalue weighted by Gasteiger charge is -2.12. The van der Waals surface area contributed by atoms with Crippen molar-refractivity contribution in [1.82, 2.24) is 0 Å². The largest absolute Gasteiger partial charge is 0.508 e. The molecule has 20 heavy (non-hydrogen) atoms. The Labute approximate surface area is 119 Å². The first-order valence-corrected chi connectivity index (χ1v) is 6.83. The highest BCUT2D eigenvalue weighted by molar-refractivity contribution is 7.08. The maximum atomic E-state index is 11.8. The first-order chi connectivity index (χ1) is 9.56. The molecule has 0 bridgehead atoms. The normalized spacial score (nSPS) is 11.7. The van der Waals surface area contributed by atoms with Crippen LogP contribution in [-0.4, -0.2) is 23.1 Å². The van der Waals surface area contributed by atoms with Crippen LogP contribution in [0.15, 0.2) is 41.1 Å². The fourth-order valence-corrected chi connectivity index (χ4v) is 2.05. The molecular weight excluding hydrogens is 278 g/mol. The number of ether oxygens (including phenoxy) is 1. The number of rotatable bonds is 4. The van der Waals surface area contributed by atoms with Crippen LogP contribution in [0.25, 0.3) is 0 Å². The summed E-state index contributed by atoms with van der Waals surface area (Å²) >= 11 is 1.46. The van der Waals surface area contributed by atoms with Crippen LogP contribution in [0.2, 0.25) is 0 Å². The SMILES string of the molecule is CC(OC(=O)c1ccc(O)cc1)C(=O)Nc1ccsc1. The minimum Gasteiger partial charge on any atom is -0.508 e. The molecule has 0 radical (unpaired) electrons. The number of carbonyl (C=O) groups is 2. The molecule has 0 spiro atoms. The molecule has 1 amide bonds. The zero-order valence-electron chi connectivity index (χ0n) is 10.7. The molecule has 1 aromatic heterocycles. The summed E-state index contributed by atoms with van der Waals surface area (Å²) in [5, 5.41) is 15.4. The Morgan fingerprint density at radius 2 is 1.95 bits per heavy atom. The molecule has 2 rings (SSSR count). The molecule has 0 aliphatic carbocycles. The first kappa shape index (κ1) is 14.1. The molecule has 1 unspecified atom stereocenters. The van der Waals surface area contributed by atoms with Gasteiger partial charge in [0.1, 0.15) is 5.75 Å². The Morgan fingerprint density at radius 1 is 1.25 bits per heavy atom. The van der Waals surface area contributed by atoms with Gasteiger partial charge < -0.3 is 15.2 Å². The molecule has 0 saturated heterocycles. The van der Waals surface area contributed by atoms with E-state index >= 15 is 0 Å². The fourth-order valence-electron chi connectivity index (χ4n) is 1.46. The quantitative estimate of drug-likeness (QED) is 0.849. The van der Waals surface area contributed by atoms with Gasteiger partial charge >= 0.3 is 5.97 Å². The average molecular weight is 291 g/mol. The monoisotopic (exact) mass is 291 g/mol. The van der Waals surface area contributed by atoms with E-state index in [1.54, 1.807) is 11.4 Å². The number of amides is 1. The van der Waals surface area contributed by atoms with Gasteiger partial charge in [-0.1, -0.05) is 0 Å². The molecule has 104 valence electrons. The van der Waals surface area contributed by atoms with Crippen LogP contribution in [0, 0.1) is 0 Å². The van der Waals surface area contributed by atoms with Gasteiger partial charge in [0.2, 0.25) is 0 Å². The first-order valence-electron chi connectivity index (χ1n) is 5.89. The molecule has 5 nitrogen and oxygen atoms in total. The van der Waals surface area contributed by atoms with Crippen molar-refractivity contribution in [2.45, 2.75) is 13.0 Å². The lowest BCUT2D eigenvalue weighted by Crippen LogP contribution is -2.29. The minimum absolute atomic E-state index is 0.0600. The zero-order valence-corrected chi connectivity index (χ0v) is 11.5. The molecule has 6 heteroatoms. The van der Waals surface area contributed by atoms with Gasteiger partial charge in [-0.2, -0.15) is 11.3 Å². The Morgan fingerprint density at radius 3 is 2.55 bits per heavy atom. The fraction of sp³-hybridized carbons (Fsp3) is 0.143. The number of nitrogens with one attached hydrogen (secondary N) is 1. The number of phenolic OH excluding ortho intramolecular Hbond substituents is 1. The number of anilines is 1. The Bertz CT molecular complexity index is 592. The van der Waals surface area contributed by atoms with Crippen molar-refractivity contribution in [2.75, 3.05) is 5.32 Å². The van der Waals surface area contributed by atoms with Gasteiger partial charge in [-0.25, -0.2) is 4.79 Å². The molecule has 2 aromatic rings. The molecule has 1 aromatic carbocycles. The molecule has 1 atom stereocenters. The van der Waals surface area contributed by atoms with Gasteiger partial charge in [-0.05, 0) is 42.6 Å². The number of hydrogen-bond donors (Lipinski definition) is 2. The number of esters is 1. The topological polar surface area (TPSA) is 75.6 Å². The summed E-state index contributed by atoms with van der Waals surface area (Å²) in [5.74, 6) is -0.946. The number of hydrogen-bond acceptors (Lipinski definition) is 5. The summed E-state index contributed by atoms with van der Waals surface area (Å²) < 4.78 is 5.06. The predicted octanol–water partition coefficient (Wildman–Crippen LogP) is 2.64. The third kappa shape index (κ3) is 3.58. The van der Waals surface area contributed by atoms with E-state index in [0.717, 1.165) is 0 Å². The summed E-state index contributed by atoms with van der Waals surface area (Å²) in [5.41, 5.74) is 0.950. The van der Waals surface area contributed by atoms with E-state index in [0.29, 0.717) is 5.69 Å². The highest BCUT2D eigenvalue weighted by atomic mass is 32.1. The van der Waals surface area contributed by atoms with Crippen molar-refractivity contribution < 1.29 is 19.4 Å². The highest BCUT2D eigenvalue weighted by Gasteiger charge is 2.19. The Balaban J connectivity index is 1.93. The van der Waals surface area contributed by atoms with Crippen molar-refractivity contribution >= 4 is 28.9 Å². The maximum absolute atomic E-state index is 11.8. The minimum atomic E-state index is -0.906. The second-order valence-corrected chi connectivity index (χ2v) is 4.88. The van der Waals surface area contributed by atoms with E-state index in [-0.39, 0.29) is 11.3 Å². The van der Waals surface area contributed by atoms with Crippen LogP contribution >= 0.6 is 11.3 Å². The van der Waals surface area contributed by atoms with Gasteiger partial charge in [-0.3, -0.25) is 4.79 Å². The van der Waals surface area contributed by atoms with Crippen molar-refractivity contribution in [3.05, 3.63) is 46.7 Å². The number of benzene rings is 1.